The van der Waals surface area contributed by atoms with E-state index in [2.05, 4.69) is 31.2 Å². The molecule has 0 atom stereocenters. The average Bonchev–Trinajstić information content (AvgIpc) is 2.83. The van der Waals surface area contributed by atoms with Gasteiger partial charge in [-0.1, -0.05) is 43.3 Å². The Balaban J connectivity index is 1.87. The third-order valence-electron chi connectivity index (χ3n) is 3.92. The van der Waals surface area contributed by atoms with Crippen molar-refractivity contribution in [1.29, 1.82) is 0 Å². The Hall–Kier alpha value is -2.07. The van der Waals surface area contributed by atoms with Gasteiger partial charge in [-0.2, -0.15) is 0 Å². The Morgan fingerprint density at radius 3 is 2.42 bits per heavy atom. The normalized spacial score (nSPS) is 19.7. The summed E-state index contributed by atoms with van der Waals surface area (Å²) in [5.74, 6) is 0.441. The molecular formula is C20H20FNOS. The van der Waals surface area contributed by atoms with Crippen LogP contribution < -0.4 is 0 Å². The maximum absolute atomic E-state index is 13.0. The molecule has 0 N–H and O–H groups in total. The second-order valence-electron chi connectivity index (χ2n) is 6.53. The Kier molecular flexibility index (Phi) is 4.76. The zero-order valence-corrected chi connectivity index (χ0v) is 14.9. The number of thioether (sulfide) groups is 1. The quantitative estimate of drug-likeness (QED) is 0.649. The summed E-state index contributed by atoms with van der Waals surface area (Å²) in [7, 11) is 0. The first-order valence-electron chi connectivity index (χ1n) is 7.85. The fourth-order valence-corrected chi connectivity index (χ4v) is 3.34. The minimum Gasteiger partial charge on any atom is -0.476 e. The molecule has 0 bridgehead atoms. The van der Waals surface area contributed by atoms with E-state index in [1.807, 2.05) is 24.3 Å². The number of aliphatic imine (C=N–C) groups is 1. The van der Waals surface area contributed by atoms with Crippen LogP contribution in [0.5, 0.6) is 0 Å². The Morgan fingerprint density at radius 2 is 1.75 bits per heavy atom. The van der Waals surface area contributed by atoms with Crippen LogP contribution in [0, 0.1) is 18.2 Å². The zero-order valence-electron chi connectivity index (χ0n) is 14.0. The Labute approximate surface area is 146 Å². The van der Waals surface area contributed by atoms with Crippen molar-refractivity contribution in [2.75, 3.05) is 6.61 Å². The SMILES string of the molecule is Cc1ccc(N=C2OCC(C)(C)C2=CSc2ccc(F)cc2)cc1. The molecule has 1 saturated heterocycles. The predicted molar refractivity (Wildman–Crippen MR) is 98.3 cm³/mol. The van der Waals surface area contributed by atoms with Crippen molar-refractivity contribution in [2.45, 2.75) is 25.7 Å². The molecule has 1 fully saturated rings. The van der Waals surface area contributed by atoms with Gasteiger partial charge in [0.1, 0.15) is 5.82 Å². The van der Waals surface area contributed by atoms with Crippen molar-refractivity contribution >= 4 is 23.3 Å². The predicted octanol–water partition coefficient (Wildman–Crippen LogP) is 5.90. The van der Waals surface area contributed by atoms with Crippen molar-refractivity contribution in [3.05, 3.63) is 70.9 Å². The number of ether oxygens (including phenoxy) is 1. The molecule has 1 aliphatic heterocycles. The highest BCUT2D eigenvalue weighted by Gasteiger charge is 2.36. The van der Waals surface area contributed by atoms with Crippen LogP contribution in [-0.2, 0) is 4.74 Å². The maximum Gasteiger partial charge on any atom is 0.218 e. The lowest BCUT2D eigenvalue weighted by Crippen LogP contribution is -2.13. The number of nitrogens with zero attached hydrogens (tertiary/aromatic N) is 1. The summed E-state index contributed by atoms with van der Waals surface area (Å²) >= 11 is 1.56. The van der Waals surface area contributed by atoms with E-state index in [1.54, 1.807) is 23.9 Å². The lowest BCUT2D eigenvalue weighted by atomic mass is 9.88. The molecule has 0 amide bonds. The van der Waals surface area contributed by atoms with Gasteiger partial charge in [-0.05, 0) is 48.7 Å². The van der Waals surface area contributed by atoms with E-state index in [-0.39, 0.29) is 11.2 Å². The molecule has 1 heterocycles. The summed E-state index contributed by atoms with van der Waals surface area (Å²) in [6.07, 6.45) is 0. The van der Waals surface area contributed by atoms with E-state index in [0.29, 0.717) is 12.5 Å². The molecule has 24 heavy (non-hydrogen) atoms. The summed E-state index contributed by atoms with van der Waals surface area (Å²) < 4.78 is 18.9. The van der Waals surface area contributed by atoms with Crippen LogP contribution in [0.4, 0.5) is 10.1 Å². The number of hydrogen-bond donors (Lipinski definition) is 0. The summed E-state index contributed by atoms with van der Waals surface area (Å²) in [5, 5.41) is 2.06. The largest absolute Gasteiger partial charge is 0.476 e. The van der Waals surface area contributed by atoms with Crippen LogP contribution in [-0.4, -0.2) is 12.5 Å². The highest BCUT2D eigenvalue weighted by atomic mass is 32.2. The van der Waals surface area contributed by atoms with E-state index in [1.165, 1.54) is 17.7 Å². The average molecular weight is 341 g/mol. The summed E-state index contributed by atoms with van der Waals surface area (Å²) in [6.45, 7) is 6.94. The van der Waals surface area contributed by atoms with E-state index < -0.39 is 0 Å². The van der Waals surface area contributed by atoms with Gasteiger partial charge in [0.05, 0.1) is 12.3 Å². The molecule has 0 saturated carbocycles. The van der Waals surface area contributed by atoms with Crippen LogP contribution in [0.3, 0.4) is 0 Å². The lowest BCUT2D eigenvalue weighted by Gasteiger charge is -2.15. The standard InChI is InChI=1S/C20H20FNOS/c1-14-4-8-16(9-5-14)22-19-18(20(2,3)13-23-19)12-24-17-10-6-15(21)7-11-17/h4-12H,13H2,1-3H3. The van der Waals surface area contributed by atoms with Crippen LogP contribution >= 0.6 is 11.8 Å². The summed E-state index contributed by atoms with van der Waals surface area (Å²) in [6, 6.07) is 14.5. The number of rotatable bonds is 3. The highest BCUT2D eigenvalue weighted by molar-refractivity contribution is 8.02. The molecule has 2 nitrogen and oxygen atoms in total. The van der Waals surface area contributed by atoms with Gasteiger partial charge in [0.2, 0.25) is 5.90 Å². The minimum atomic E-state index is -0.224. The van der Waals surface area contributed by atoms with Crippen molar-refractivity contribution in [1.82, 2.24) is 0 Å². The molecule has 124 valence electrons. The fourth-order valence-electron chi connectivity index (χ4n) is 2.37. The molecule has 0 unspecified atom stereocenters. The van der Waals surface area contributed by atoms with E-state index in [0.717, 1.165) is 16.2 Å². The van der Waals surface area contributed by atoms with Crippen LogP contribution in [0.1, 0.15) is 19.4 Å². The second kappa shape index (κ2) is 6.81. The van der Waals surface area contributed by atoms with Crippen molar-refractivity contribution in [2.24, 2.45) is 10.4 Å². The van der Waals surface area contributed by atoms with Crippen molar-refractivity contribution in [3.8, 4) is 0 Å². The first kappa shape index (κ1) is 16.8. The fraction of sp³-hybridized carbons (Fsp3) is 0.250. The van der Waals surface area contributed by atoms with Gasteiger partial charge in [0, 0.05) is 15.9 Å². The van der Waals surface area contributed by atoms with E-state index in [9.17, 15) is 4.39 Å². The number of benzene rings is 2. The van der Waals surface area contributed by atoms with Gasteiger partial charge in [-0.25, -0.2) is 9.38 Å². The molecular weight excluding hydrogens is 321 g/mol. The lowest BCUT2D eigenvalue weighted by molar-refractivity contribution is 0.254. The molecule has 3 rings (SSSR count). The molecule has 2 aromatic rings. The van der Waals surface area contributed by atoms with Gasteiger partial charge in [-0.3, -0.25) is 0 Å². The van der Waals surface area contributed by atoms with Gasteiger partial charge < -0.3 is 4.74 Å². The molecule has 0 spiro atoms. The Morgan fingerprint density at radius 1 is 1.08 bits per heavy atom. The monoisotopic (exact) mass is 341 g/mol. The van der Waals surface area contributed by atoms with Crippen LogP contribution in [0.25, 0.3) is 0 Å². The molecule has 4 heteroatoms. The first-order valence-corrected chi connectivity index (χ1v) is 8.73. The van der Waals surface area contributed by atoms with Crippen molar-refractivity contribution < 1.29 is 9.13 Å². The molecule has 1 aliphatic rings. The molecule has 0 radical (unpaired) electrons. The van der Waals surface area contributed by atoms with E-state index in [4.69, 9.17) is 4.74 Å². The highest BCUT2D eigenvalue weighted by Crippen LogP contribution is 2.38. The third-order valence-corrected chi connectivity index (χ3v) is 4.82. The van der Waals surface area contributed by atoms with Gasteiger partial charge >= 0.3 is 0 Å². The molecule has 2 aromatic carbocycles. The third kappa shape index (κ3) is 3.88. The first-order chi connectivity index (χ1) is 11.4. The smallest absolute Gasteiger partial charge is 0.218 e. The van der Waals surface area contributed by atoms with Gasteiger partial charge in [-0.15, -0.1) is 0 Å². The number of aryl methyl sites for hydroxylation is 1. The minimum absolute atomic E-state index is 0.101. The second-order valence-corrected chi connectivity index (χ2v) is 7.47. The Bertz CT molecular complexity index is 776. The number of halogens is 1. The van der Waals surface area contributed by atoms with Crippen molar-refractivity contribution in [3.63, 3.8) is 0 Å². The van der Waals surface area contributed by atoms with E-state index >= 15 is 0 Å². The summed E-state index contributed by atoms with van der Waals surface area (Å²) in [4.78, 5) is 5.64. The topological polar surface area (TPSA) is 21.6 Å². The van der Waals surface area contributed by atoms with Crippen LogP contribution in [0.2, 0.25) is 0 Å². The summed E-state index contributed by atoms with van der Waals surface area (Å²) in [5.41, 5.74) is 3.05. The maximum atomic E-state index is 13.0. The number of hydrogen-bond acceptors (Lipinski definition) is 3. The van der Waals surface area contributed by atoms with Gasteiger partial charge in [0.25, 0.3) is 0 Å². The molecule has 0 aromatic heterocycles. The zero-order chi connectivity index (χ0) is 17.2. The van der Waals surface area contributed by atoms with Crippen LogP contribution in [0.15, 0.2) is 69.4 Å². The molecule has 0 aliphatic carbocycles. The van der Waals surface area contributed by atoms with Gasteiger partial charge in [0.15, 0.2) is 0 Å².